The summed E-state index contributed by atoms with van der Waals surface area (Å²) in [7, 11) is 0. The van der Waals surface area contributed by atoms with E-state index in [1.165, 1.54) is 9.08 Å². The lowest BCUT2D eigenvalue weighted by molar-refractivity contribution is 0.545. The minimum Gasteiger partial charge on any atom is -0.279 e. The average Bonchev–Trinajstić information content (AvgIpc) is 3.26. The number of nitrogens with zero attached hydrogens (tertiary/aromatic N) is 4. The van der Waals surface area contributed by atoms with Gasteiger partial charge in [0, 0.05) is 18.9 Å². The zero-order valence-electron chi connectivity index (χ0n) is 13.2. The lowest BCUT2D eigenvalue weighted by Gasteiger charge is -2.09. The molecule has 1 fully saturated rings. The van der Waals surface area contributed by atoms with Crippen LogP contribution in [0.4, 0.5) is 0 Å². The Hall–Kier alpha value is -2.63. The maximum Gasteiger partial charge on any atom is 0.350 e. The highest BCUT2D eigenvalue weighted by Gasteiger charge is 2.24. The molecule has 2 heterocycles. The summed E-state index contributed by atoms with van der Waals surface area (Å²) in [5, 5.41) is 4.26. The van der Waals surface area contributed by atoms with Gasteiger partial charge in [-0.3, -0.25) is 9.36 Å². The highest BCUT2D eigenvalue weighted by molar-refractivity contribution is 5.45. The van der Waals surface area contributed by atoms with Crippen molar-refractivity contribution in [2.45, 2.75) is 33.2 Å². The standard InChI is InChI=1S/C17H18N4O2/c1-11-3-6-14(12(2)9-11)19-7-8-20-15(16(19)22)18-21(17(20)23)10-13-4-5-13/h3,6-9,13H,4-5,10H2,1-2H3. The molecule has 3 aromatic rings. The van der Waals surface area contributed by atoms with Crippen LogP contribution in [0.25, 0.3) is 11.3 Å². The maximum absolute atomic E-state index is 12.8. The molecule has 1 saturated carbocycles. The quantitative estimate of drug-likeness (QED) is 0.739. The Kier molecular flexibility index (Phi) is 3.01. The van der Waals surface area contributed by atoms with Crippen LogP contribution in [0.15, 0.2) is 40.2 Å². The lowest BCUT2D eigenvalue weighted by Crippen LogP contribution is -2.24. The van der Waals surface area contributed by atoms with Gasteiger partial charge in [0.25, 0.3) is 0 Å². The summed E-state index contributed by atoms with van der Waals surface area (Å²) in [6.07, 6.45) is 5.52. The molecule has 0 unspecified atom stereocenters. The summed E-state index contributed by atoms with van der Waals surface area (Å²) in [4.78, 5) is 25.1. The Balaban J connectivity index is 1.90. The number of fused-ring (bicyclic) bond motifs is 1. The number of hydrogen-bond donors (Lipinski definition) is 0. The second-order valence-electron chi connectivity index (χ2n) is 6.36. The van der Waals surface area contributed by atoms with Crippen LogP contribution in [0.1, 0.15) is 24.0 Å². The molecule has 6 heteroatoms. The Morgan fingerprint density at radius 3 is 2.65 bits per heavy atom. The van der Waals surface area contributed by atoms with E-state index in [0.717, 1.165) is 29.7 Å². The number of aryl methyl sites for hydroxylation is 2. The Bertz CT molecular complexity index is 1020. The summed E-state index contributed by atoms with van der Waals surface area (Å²) in [6.45, 7) is 4.59. The first-order valence-corrected chi connectivity index (χ1v) is 7.83. The molecule has 0 atom stereocenters. The van der Waals surface area contributed by atoms with Crippen molar-refractivity contribution in [2.24, 2.45) is 5.92 Å². The molecule has 0 spiro atoms. The molecule has 2 aromatic heterocycles. The topological polar surface area (TPSA) is 61.3 Å². The summed E-state index contributed by atoms with van der Waals surface area (Å²) in [6, 6.07) is 5.92. The molecule has 23 heavy (non-hydrogen) atoms. The number of aromatic nitrogens is 4. The molecule has 0 amide bonds. The molecule has 0 aliphatic heterocycles. The van der Waals surface area contributed by atoms with Crippen LogP contribution in [0.2, 0.25) is 0 Å². The number of hydrogen-bond acceptors (Lipinski definition) is 3. The largest absolute Gasteiger partial charge is 0.350 e. The van der Waals surface area contributed by atoms with E-state index in [2.05, 4.69) is 5.10 Å². The van der Waals surface area contributed by atoms with Crippen molar-refractivity contribution in [2.75, 3.05) is 0 Å². The zero-order valence-corrected chi connectivity index (χ0v) is 13.2. The van der Waals surface area contributed by atoms with E-state index in [4.69, 9.17) is 0 Å². The van der Waals surface area contributed by atoms with Crippen molar-refractivity contribution in [3.63, 3.8) is 0 Å². The zero-order chi connectivity index (χ0) is 16.1. The predicted molar refractivity (Wildman–Crippen MR) is 87.2 cm³/mol. The van der Waals surface area contributed by atoms with Gasteiger partial charge in [-0.1, -0.05) is 17.7 Å². The molecule has 4 rings (SSSR count). The van der Waals surface area contributed by atoms with E-state index in [9.17, 15) is 9.59 Å². The third-order valence-corrected chi connectivity index (χ3v) is 4.39. The molecule has 0 saturated heterocycles. The fourth-order valence-corrected chi connectivity index (χ4v) is 2.94. The monoisotopic (exact) mass is 310 g/mol. The van der Waals surface area contributed by atoms with Gasteiger partial charge in [0.2, 0.25) is 5.65 Å². The highest BCUT2D eigenvalue weighted by atomic mass is 16.2. The van der Waals surface area contributed by atoms with E-state index >= 15 is 0 Å². The van der Waals surface area contributed by atoms with E-state index in [1.807, 2.05) is 32.0 Å². The summed E-state index contributed by atoms with van der Waals surface area (Å²) in [5.41, 5.74) is 2.63. The van der Waals surface area contributed by atoms with Crippen LogP contribution in [-0.2, 0) is 6.54 Å². The van der Waals surface area contributed by atoms with Gasteiger partial charge in [-0.05, 0) is 44.2 Å². The molecule has 6 nitrogen and oxygen atoms in total. The fraction of sp³-hybridized carbons (Fsp3) is 0.353. The maximum atomic E-state index is 12.8. The minimum atomic E-state index is -0.272. The van der Waals surface area contributed by atoms with E-state index in [0.29, 0.717) is 12.5 Å². The van der Waals surface area contributed by atoms with Crippen molar-refractivity contribution in [1.29, 1.82) is 0 Å². The van der Waals surface area contributed by atoms with Crippen LogP contribution in [0.3, 0.4) is 0 Å². The van der Waals surface area contributed by atoms with Gasteiger partial charge in [0.05, 0.1) is 5.69 Å². The van der Waals surface area contributed by atoms with Gasteiger partial charge in [-0.25, -0.2) is 13.9 Å². The molecule has 118 valence electrons. The number of benzene rings is 1. The van der Waals surface area contributed by atoms with Gasteiger partial charge >= 0.3 is 11.2 Å². The first-order valence-electron chi connectivity index (χ1n) is 7.83. The molecular weight excluding hydrogens is 292 g/mol. The van der Waals surface area contributed by atoms with Gasteiger partial charge < -0.3 is 0 Å². The van der Waals surface area contributed by atoms with Gasteiger partial charge in [0.1, 0.15) is 0 Å². The van der Waals surface area contributed by atoms with Crippen molar-refractivity contribution in [3.05, 3.63) is 62.6 Å². The normalized spacial score (nSPS) is 14.5. The molecule has 0 N–H and O–H groups in total. The Morgan fingerprint density at radius 2 is 1.96 bits per heavy atom. The Morgan fingerprint density at radius 1 is 1.17 bits per heavy atom. The third-order valence-electron chi connectivity index (χ3n) is 4.39. The SMILES string of the molecule is Cc1ccc(-n2ccn3c(=O)n(CC4CC4)nc3c2=O)c(C)c1. The molecular formula is C17H18N4O2. The van der Waals surface area contributed by atoms with Crippen molar-refractivity contribution in [3.8, 4) is 5.69 Å². The smallest absolute Gasteiger partial charge is 0.279 e. The van der Waals surface area contributed by atoms with Crippen LogP contribution in [-0.4, -0.2) is 18.7 Å². The molecule has 0 radical (unpaired) electrons. The first kappa shape index (κ1) is 14.0. The Labute approximate surface area is 132 Å². The van der Waals surface area contributed by atoms with Crippen molar-refractivity contribution < 1.29 is 0 Å². The average molecular weight is 310 g/mol. The minimum absolute atomic E-state index is 0.179. The second kappa shape index (κ2) is 4.94. The van der Waals surface area contributed by atoms with E-state index in [1.54, 1.807) is 17.0 Å². The van der Waals surface area contributed by atoms with Gasteiger partial charge in [0.15, 0.2) is 0 Å². The summed E-state index contributed by atoms with van der Waals surface area (Å²) in [5.74, 6) is 0.527. The van der Waals surface area contributed by atoms with Crippen LogP contribution >= 0.6 is 0 Å². The fourth-order valence-electron chi connectivity index (χ4n) is 2.94. The highest BCUT2D eigenvalue weighted by Crippen LogP contribution is 2.29. The molecule has 1 aliphatic rings. The van der Waals surface area contributed by atoms with E-state index in [-0.39, 0.29) is 16.9 Å². The first-order chi connectivity index (χ1) is 11.0. The molecule has 1 aromatic carbocycles. The predicted octanol–water partition coefficient (Wildman–Crippen LogP) is 1.67. The van der Waals surface area contributed by atoms with Gasteiger partial charge in [-0.15, -0.1) is 5.10 Å². The molecule has 0 bridgehead atoms. The summed E-state index contributed by atoms with van der Waals surface area (Å²) < 4.78 is 4.31. The number of rotatable bonds is 3. The second-order valence-corrected chi connectivity index (χ2v) is 6.36. The van der Waals surface area contributed by atoms with Crippen molar-refractivity contribution in [1.82, 2.24) is 18.7 Å². The van der Waals surface area contributed by atoms with Crippen LogP contribution in [0.5, 0.6) is 0 Å². The van der Waals surface area contributed by atoms with Crippen molar-refractivity contribution >= 4 is 5.65 Å². The van der Waals surface area contributed by atoms with Crippen LogP contribution < -0.4 is 11.2 Å². The lowest BCUT2D eigenvalue weighted by atomic mass is 10.1. The summed E-state index contributed by atoms with van der Waals surface area (Å²) >= 11 is 0. The van der Waals surface area contributed by atoms with E-state index < -0.39 is 0 Å². The van der Waals surface area contributed by atoms with Gasteiger partial charge in [-0.2, -0.15) is 0 Å². The third kappa shape index (κ3) is 2.30. The van der Waals surface area contributed by atoms with Crippen LogP contribution in [0, 0.1) is 19.8 Å². The molecule has 1 aliphatic carbocycles.